The minimum absolute atomic E-state index is 0.187. The normalized spacial score (nSPS) is 23.6. The smallest absolute Gasteiger partial charge is 0.136 e. The van der Waals surface area contributed by atoms with Gasteiger partial charge in [-0.3, -0.25) is 0 Å². The molecule has 2 atom stereocenters. The summed E-state index contributed by atoms with van der Waals surface area (Å²) in [5.41, 5.74) is 0. The van der Waals surface area contributed by atoms with Gasteiger partial charge in [-0.15, -0.1) is 4.72 Å². The first kappa shape index (κ1) is 12.9. The minimum atomic E-state index is -0.965. The number of allylic oxidation sites excluding steroid dienone is 1. The fraction of sp³-hybridized carbons (Fsp3) is 0.818. The van der Waals surface area contributed by atoms with Crippen LogP contribution in [0.4, 0.5) is 0 Å². The summed E-state index contributed by atoms with van der Waals surface area (Å²) in [4.78, 5) is 0. The third kappa shape index (κ3) is 4.91. The molecule has 1 heterocycles. The van der Waals surface area contributed by atoms with Gasteiger partial charge in [0, 0.05) is 24.3 Å². The Morgan fingerprint density at radius 2 is 2.27 bits per heavy atom. The predicted molar refractivity (Wildman–Crippen MR) is 63.8 cm³/mol. The second-order valence-corrected chi connectivity index (χ2v) is 6.82. The molecule has 1 rings (SSSR count). The zero-order valence-electron chi connectivity index (χ0n) is 9.79. The molecule has 3 nitrogen and oxygen atoms in total. The second-order valence-electron chi connectivity index (χ2n) is 4.77. The summed E-state index contributed by atoms with van der Waals surface area (Å²) in [6, 6.07) is 0. The zero-order chi connectivity index (χ0) is 11.3. The van der Waals surface area contributed by atoms with E-state index in [-0.39, 0.29) is 4.75 Å². The molecule has 88 valence electrons. The third-order valence-corrected chi connectivity index (χ3v) is 3.86. The van der Waals surface area contributed by atoms with Crippen molar-refractivity contribution in [3.8, 4) is 0 Å². The van der Waals surface area contributed by atoms with E-state index in [2.05, 4.69) is 4.72 Å². The van der Waals surface area contributed by atoms with Crippen LogP contribution >= 0.6 is 0 Å². The standard InChI is InChI=1S/C11H21NO2S/c1-11(2,3)15(13)12-8-7-10-6-4-5-9-14-10/h5,9-10,12H,4,6-8H2,1-3H3/t10-,15?/m0/s1. The highest BCUT2D eigenvalue weighted by molar-refractivity contribution is 7.90. The maximum Gasteiger partial charge on any atom is 0.136 e. The van der Waals surface area contributed by atoms with Crippen LogP contribution in [0.1, 0.15) is 40.0 Å². The number of ether oxygens (including phenoxy) is 1. The summed E-state index contributed by atoms with van der Waals surface area (Å²) >= 11 is -0.965. The number of nitrogens with one attached hydrogen (secondary N) is 1. The molecule has 15 heavy (non-hydrogen) atoms. The van der Waals surface area contributed by atoms with Crippen molar-refractivity contribution in [2.45, 2.75) is 50.9 Å². The van der Waals surface area contributed by atoms with E-state index in [1.54, 1.807) is 6.26 Å². The van der Waals surface area contributed by atoms with Gasteiger partial charge in [0.05, 0.1) is 12.4 Å². The van der Waals surface area contributed by atoms with E-state index >= 15 is 0 Å². The van der Waals surface area contributed by atoms with Crippen LogP contribution in [-0.4, -0.2) is 21.9 Å². The molecular weight excluding hydrogens is 210 g/mol. The SMILES string of the molecule is CC(C)(C)[S+]([O-])NCC[C@@H]1CCC=CO1. The topological polar surface area (TPSA) is 44.3 Å². The summed E-state index contributed by atoms with van der Waals surface area (Å²) in [5.74, 6) is 0. The highest BCUT2D eigenvalue weighted by Crippen LogP contribution is 2.15. The summed E-state index contributed by atoms with van der Waals surface area (Å²) in [6.07, 6.45) is 7.19. The number of hydrogen-bond donors (Lipinski definition) is 1. The Balaban J connectivity index is 2.13. The van der Waals surface area contributed by atoms with E-state index in [0.29, 0.717) is 6.10 Å². The van der Waals surface area contributed by atoms with Gasteiger partial charge in [0.2, 0.25) is 0 Å². The molecule has 4 heteroatoms. The Kier molecular flexibility index (Phi) is 4.96. The van der Waals surface area contributed by atoms with Crippen molar-refractivity contribution in [1.82, 2.24) is 4.72 Å². The van der Waals surface area contributed by atoms with Gasteiger partial charge in [-0.2, -0.15) is 0 Å². The largest absolute Gasteiger partial charge is 0.598 e. The van der Waals surface area contributed by atoms with Crippen LogP contribution in [0.15, 0.2) is 12.3 Å². The lowest BCUT2D eigenvalue weighted by molar-refractivity contribution is 0.117. The van der Waals surface area contributed by atoms with Crippen LogP contribution in [0.2, 0.25) is 0 Å². The molecule has 0 fully saturated rings. The molecular formula is C11H21NO2S. The van der Waals surface area contributed by atoms with Gasteiger partial charge in [0.15, 0.2) is 0 Å². The molecule has 1 unspecified atom stereocenters. The average molecular weight is 231 g/mol. The van der Waals surface area contributed by atoms with Gasteiger partial charge in [-0.05, 0) is 39.7 Å². The zero-order valence-corrected chi connectivity index (χ0v) is 10.6. The fourth-order valence-electron chi connectivity index (χ4n) is 1.33. The maximum atomic E-state index is 11.7. The molecule has 0 saturated carbocycles. The molecule has 0 bridgehead atoms. The Morgan fingerprint density at radius 1 is 1.53 bits per heavy atom. The van der Waals surface area contributed by atoms with E-state index in [0.717, 1.165) is 25.8 Å². The van der Waals surface area contributed by atoms with Gasteiger partial charge >= 0.3 is 0 Å². The van der Waals surface area contributed by atoms with Crippen molar-refractivity contribution in [3.05, 3.63) is 12.3 Å². The van der Waals surface area contributed by atoms with Crippen molar-refractivity contribution < 1.29 is 9.29 Å². The molecule has 0 aromatic heterocycles. The number of rotatable bonds is 4. The molecule has 1 N–H and O–H groups in total. The molecule has 1 aliphatic heterocycles. The summed E-state index contributed by atoms with van der Waals surface area (Å²) in [5, 5.41) is 0. The fourth-order valence-corrected chi connectivity index (χ4v) is 2.06. The molecule has 1 aliphatic rings. The van der Waals surface area contributed by atoms with Gasteiger partial charge in [-0.1, -0.05) is 0 Å². The van der Waals surface area contributed by atoms with Crippen LogP contribution in [0.25, 0.3) is 0 Å². The van der Waals surface area contributed by atoms with Gasteiger partial charge < -0.3 is 9.29 Å². The molecule has 0 amide bonds. The van der Waals surface area contributed by atoms with E-state index in [9.17, 15) is 4.55 Å². The van der Waals surface area contributed by atoms with E-state index in [4.69, 9.17) is 4.74 Å². The monoisotopic (exact) mass is 231 g/mol. The Bertz CT molecular complexity index is 213. The molecule has 0 aromatic carbocycles. The number of hydrogen-bond acceptors (Lipinski definition) is 3. The van der Waals surface area contributed by atoms with Gasteiger partial charge in [0.25, 0.3) is 0 Å². The third-order valence-electron chi connectivity index (χ3n) is 2.28. The highest BCUT2D eigenvalue weighted by atomic mass is 32.2. The second kappa shape index (κ2) is 5.77. The van der Waals surface area contributed by atoms with Gasteiger partial charge in [0.1, 0.15) is 4.75 Å². The molecule has 0 aromatic rings. The van der Waals surface area contributed by atoms with E-state index in [1.165, 1.54) is 0 Å². The van der Waals surface area contributed by atoms with Crippen LogP contribution < -0.4 is 4.72 Å². The molecule has 0 spiro atoms. The predicted octanol–water partition coefficient (Wildman–Crippen LogP) is 2.12. The lowest BCUT2D eigenvalue weighted by atomic mass is 10.1. The highest BCUT2D eigenvalue weighted by Gasteiger charge is 2.26. The van der Waals surface area contributed by atoms with Crippen molar-refractivity contribution >= 4 is 11.4 Å². The van der Waals surface area contributed by atoms with Crippen molar-refractivity contribution in [2.24, 2.45) is 0 Å². The van der Waals surface area contributed by atoms with Crippen molar-refractivity contribution in [2.75, 3.05) is 6.54 Å². The quantitative estimate of drug-likeness (QED) is 0.754. The first-order chi connectivity index (χ1) is 7.00. The summed E-state index contributed by atoms with van der Waals surface area (Å²) in [6.45, 7) is 6.66. The van der Waals surface area contributed by atoms with Gasteiger partial charge in [-0.25, -0.2) is 0 Å². The molecule has 0 aliphatic carbocycles. The lowest BCUT2D eigenvalue weighted by Gasteiger charge is -2.25. The maximum absolute atomic E-state index is 11.7. The average Bonchev–Trinajstić information content (AvgIpc) is 2.18. The minimum Gasteiger partial charge on any atom is -0.598 e. The van der Waals surface area contributed by atoms with Crippen LogP contribution in [0, 0.1) is 0 Å². The molecule has 0 saturated heterocycles. The summed E-state index contributed by atoms with van der Waals surface area (Å²) < 4.78 is 19.9. The van der Waals surface area contributed by atoms with Crippen LogP contribution in [0.5, 0.6) is 0 Å². The van der Waals surface area contributed by atoms with Crippen LogP contribution in [0.3, 0.4) is 0 Å². The Labute approximate surface area is 95.6 Å². The van der Waals surface area contributed by atoms with Crippen molar-refractivity contribution in [1.29, 1.82) is 0 Å². The van der Waals surface area contributed by atoms with E-state index < -0.39 is 11.4 Å². The Hall–Kier alpha value is -0.190. The lowest BCUT2D eigenvalue weighted by Crippen LogP contribution is -2.40. The first-order valence-electron chi connectivity index (χ1n) is 5.46. The Morgan fingerprint density at radius 3 is 2.80 bits per heavy atom. The summed E-state index contributed by atoms with van der Waals surface area (Å²) in [7, 11) is 0. The first-order valence-corrected chi connectivity index (χ1v) is 6.61. The van der Waals surface area contributed by atoms with E-state index in [1.807, 2.05) is 26.8 Å². The van der Waals surface area contributed by atoms with Crippen LogP contribution in [-0.2, 0) is 16.1 Å². The molecule has 0 radical (unpaired) electrons. The van der Waals surface area contributed by atoms with Crippen molar-refractivity contribution in [3.63, 3.8) is 0 Å².